The molecule has 0 aliphatic heterocycles. The van der Waals surface area contributed by atoms with Crippen LogP contribution < -0.4 is 5.72 Å². The fraction of sp³-hybridized carbons (Fsp3) is 0.0645. The molecule has 4 aromatic carbocycles. The second-order valence-corrected chi connectivity index (χ2v) is 10.5. The molecule has 1 radical (unpaired) electrons. The molecule has 1 heterocycles. The van der Waals surface area contributed by atoms with Crippen molar-refractivity contribution in [1.29, 1.82) is 0 Å². The van der Waals surface area contributed by atoms with Crippen LogP contribution in [0.4, 0.5) is 0 Å². The molecular weight excluding hydrogens is 439 g/mol. The molecule has 5 aromatic rings. The average molecular weight is 467 g/mol. The third-order valence-corrected chi connectivity index (χ3v) is 8.58. The van der Waals surface area contributed by atoms with Gasteiger partial charge in [-0.2, -0.15) is 0 Å². The van der Waals surface area contributed by atoms with Gasteiger partial charge in [0, 0.05) is 18.6 Å². The first-order valence-electron chi connectivity index (χ1n) is 12.1. The van der Waals surface area contributed by atoms with E-state index < -0.39 is 9.52 Å². The minimum Gasteiger partial charge on any atom is -0.347 e. The summed E-state index contributed by atoms with van der Waals surface area (Å²) in [6.07, 6.45) is 7.30. The molecule has 0 atom stereocenters. The Morgan fingerprint density at radius 3 is 1.89 bits per heavy atom. The Labute approximate surface area is 211 Å². The molecule has 0 N–H and O–H groups in total. The second kappa shape index (κ2) is 11.5. The summed E-state index contributed by atoms with van der Waals surface area (Å²) in [5, 5.41) is 0. The van der Waals surface area contributed by atoms with Crippen LogP contribution in [0.5, 0.6) is 0 Å². The molecule has 0 spiro atoms. The van der Waals surface area contributed by atoms with Gasteiger partial charge >= 0.3 is 0 Å². The molecule has 0 aliphatic rings. The van der Waals surface area contributed by atoms with E-state index in [1.807, 2.05) is 6.20 Å². The first-order chi connectivity index (χ1) is 17.4. The lowest BCUT2D eigenvalue weighted by molar-refractivity contribution is 0.887. The molecule has 0 saturated carbocycles. The van der Waals surface area contributed by atoms with Crippen LogP contribution in [0.3, 0.4) is 0 Å². The highest BCUT2D eigenvalue weighted by Crippen LogP contribution is 2.24. The summed E-state index contributed by atoms with van der Waals surface area (Å²) in [4.78, 5) is 4.74. The van der Waals surface area contributed by atoms with Crippen LogP contribution in [0, 0.1) is 0 Å². The van der Waals surface area contributed by atoms with Crippen molar-refractivity contribution >= 4 is 34.1 Å². The maximum absolute atomic E-state index is 4.74. The number of benzene rings is 4. The molecule has 0 unspecified atom stereocenters. The van der Waals surface area contributed by atoms with Crippen molar-refractivity contribution in [1.82, 2.24) is 9.55 Å². The van der Waals surface area contributed by atoms with Crippen molar-refractivity contribution in [2.24, 2.45) is 0 Å². The molecule has 4 heteroatoms. The van der Waals surface area contributed by atoms with Gasteiger partial charge in [-0.1, -0.05) is 133 Å². The summed E-state index contributed by atoms with van der Waals surface area (Å²) in [5.41, 5.74) is 7.82. The van der Waals surface area contributed by atoms with E-state index in [9.17, 15) is 0 Å². The molecule has 0 aliphatic carbocycles. The molecular formula is C31H28BN2Si. The summed E-state index contributed by atoms with van der Waals surface area (Å²) < 4.78 is 2.33. The van der Waals surface area contributed by atoms with Crippen LogP contribution >= 0.6 is 0 Å². The zero-order valence-electron chi connectivity index (χ0n) is 19.7. The lowest BCUT2D eigenvalue weighted by atomic mass is 9.65. The number of nitrogens with zero attached hydrogens (tertiary/aromatic N) is 2. The van der Waals surface area contributed by atoms with E-state index in [4.69, 9.17) is 4.98 Å². The van der Waals surface area contributed by atoms with Gasteiger partial charge in [-0.25, -0.2) is 0 Å². The van der Waals surface area contributed by atoms with E-state index in [0.717, 1.165) is 17.4 Å². The van der Waals surface area contributed by atoms with Gasteiger partial charge in [-0.05, 0) is 27.8 Å². The predicted octanol–water partition coefficient (Wildman–Crippen LogP) is 5.33. The van der Waals surface area contributed by atoms with Crippen molar-refractivity contribution < 1.29 is 0 Å². The lowest BCUT2D eigenvalue weighted by Crippen LogP contribution is -2.30. The fourth-order valence-corrected chi connectivity index (χ4v) is 6.65. The van der Waals surface area contributed by atoms with Gasteiger partial charge in [0.1, 0.15) is 0 Å². The van der Waals surface area contributed by atoms with Crippen molar-refractivity contribution in [3.05, 3.63) is 156 Å². The first-order valence-corrected chi connectivity index (χ1v) is 14.0. The van der Waals surface area contributed by atoms with Crippen molar-refractivity contribution in [3.8, 4) is 0 Å². The molecule has 169 valence electrons. The Kier molecular flexibility index (Phi) is 7.52. The molecule has 0 bridgehead atoms. The minimum atomic E-state index is -0.532. The lowest BCUT2D eigenvalue weighted by Gasteiger charge is -2.19. The summed E-state index contributed by atoms with van der Waals surface area (Å²) in [7, 11) is 1.69. The van der Waals surface area contributed by atoms with Crippen LogP contribution in [0.1, 0.15) is 27.8 Å². The van der Waals surface area contributed by atoms with Gasteiger partial charge in [0.15, 0.2) is 0 Å². The first kappa shape index (κ1) is 22.9. The number of imidazole rings is 1. The highest BCUT2D eigenvalue weighted by Gasteiger charge is 2.16. The van der Waals surface area contributed by atoms with E-state index in [1.165, 1.54) is 22.3 Å². The number of rotatable bonds is 9. The van der Waals surface area contributed by atoms with Gasteiger partial charge in [-0.3, -0.25) is 4.98 Å². The maximum atomic E-state index is 4.74. The second-order valence-electron chi connectivity index (χ2n) is 8.66. The van der Waals surface area contributed by atoms with Gasteiger partial charge in [0.05, 0.1) is 15.2 Å². The van der Waals surface area contributed by atoms with Crippen LogP contribution in [0.2, 0.25) is 0 Å². The zero-order chi connectivity index (χ0) is 23.7. The van der Waals surface area contributed by atoms with E-state index in [2.05, 4.69) is 145 Å². The van der Waals surface area contributed by atoms with Crippen LogP contribution in [-0.2, 0) is 6.17 Å². The quantitative estimate of drug-likeness (QED) is 0.212. The van der Waals surface area contributed by atoms with Gasteiger partial charge in [0.25, 0.3) is 0 Å². The molecule has 2 nitrogen and oxygen atoms in total. The Morgan fingerprint density at radius 2 is 1.29 bits per heavy atom. The monoisotopic (exact) mass is 467 g/mol. The number of hydrogen-bond donors (Lipinski definition) is 0. The van der Waals surface area contributed by atoms with E-state index in [1.54, 1.807) is 0 Å². The third-order valence-electron chi connectivity index (χ3n) is 6.32. The van der Waals surface area contributed by atoms with Crippen molar-refractivity contribution in [2.75, 3.05) is 0 Å². The Morgan fingerprint density at radius 1 is 0.743 bits per heavy atom. The largest absolute Gasteiger partial charge is 0.347 e. The molecule has 35 heavy (non-hydrogen) atoms. The Balaban J connectivity index is 1.40. The van der Waals surface area contributed by atoms with Crippen molar-refractivity contribution in [3.63, 3.8) is 0 Å². The van der Waals surface area contributed by atoms with Crippen molar-refractivity contribution in [2.45, 2.75) is 11.7 Å². The molecule has 1 aromatic heterocycles. The predicted molar refractivity (Wildman–Crippen MR) is 152 cm³/mol. The van der Waals surface area contributed by atoms with Crippen LogP contribution in [-0.4, -0.2) is 26.4 Å². The minimum absolute atomic E-state index is 0.473. The SMILES string of the molecule is [B](C(=Cc1ccccc1)c1ccccc1)c1nccn1C[SiH2]C(c1ccccc1)c1ccccc1. The molecule has 0 saturated heterocycles. The summed E-state index contributed by atoms with van der Waals surface area (Å²) in [6, 6.07) is 42.9. The van der Waals surface area contributed by atoms with Crippen LogP contribution in [0.15, 0.2) is 134 Å². The fourth-order valence-electron chi connectivity index (χ4n) is 4.52. The summed E-state index contributed by atoms with van der Waals surface area (Å²) >= 11 is 0. The van der Waals surface area contributed by atoms with Gasteiger partial charge in [0.2, 0.25) is 7.28 Å². The third kappa shape index (κ3) is 5.97. The van der Waals surface area contributed by atoms with Crippen LogP contribution in [0.25, 0.3) is 11.5 Å². The summed E-state index contributed by atoms with van der Waals surface area (Å²) in [5.74, 6) is 0. The van der Waals surface area contributed by atoms with E-state index in [-0.39, 0.29) is 0 Å². The molecule has 0 amide bonds. The smallest absolute Gasteiger partial charge is 0.241 e. The highest BCUT2D eigenvalue weighted by atomic mass is 28.2. The standard InChI is InChI=1S/C31H28BN2Si/c1-5-13-25(14-6-1)23-29(26-15-7-2-8-16-26)32-31-33-21-22-34(31)24-35-30(27-17-9-3-10-18-27)28-19-11-4-12-20-28/h1-23,30H,24,35H2. The topological polar surface area (TPSA) is 17.8 Å². The highest BCUT2D eigenvalue weighted by molar-refractivity contribution is 6.73. The number of aromatic nitrogens is 2. The molecule has 0 fully saturated rings. The normalized spacial score (nSPS) is 11.9. The van der Waals surface area contributed by atoms with Gasteiger partial charge in [-0.15, -0.1) is 0 Å². The number of hydrogen-bond acceptors (Lipinski definition) is 1. The average Bonchev–Trinajstić information content (AvgIpc) is 3.37. The zero-order valence-corrected chi connectivity index (χ0v) is 21.2. The Bertz CT molecular complexity index is 1310. The molecule has 5 rings (SSSR count). The maximum Gasteiger partial charge on any atom is 0.241 e. The Hall–Kier alpha value is -3.89. The summed E-state index contributed by atoms with van der Waals surface area (Å²) in [6.45, 7) is 0. The van der Waals surface area contributed by atoms with E-state index in [0.29, 0.717) is 5.54 Å². The van der Waals surface area contributed by atoms with E-state index >= 15 is 0 Å². The van der Waals surface area contributed by atoms with Gasteiger partial charge < -0.3 is 4.57 Å².